The van der Waals surface area contributed by atoms with Gasteiger partial charge in [0.1, 0.15) is 0 Å². The molecule has 0 aliphatic rings. The first-order chi connectivity index (χ1) is 6.59. The monoisotopic (exact) mass is 191 g/mol. The van der Waals surface area contributed by atoms with Gasteiger partial charge >= 0.3 is 5.97 Å². The van der Waals surface area contributed by atoms with Crippen LogP contribution in [0.25, 0.3) is 0 Å². The lowest BCUT2D eigenvalue weighted by Gasteiger charge is -1.95. The van der Waals surface area contributed by atoms with Crippen LogP contribution < -0.4 is 5.73 Å². The molecular weight excluding hydrogens is 182 g/mol. The third-order valence-corrected chi connectivity index (χ3v) is 1.57. The van der Waals surface area contributed by atoms with Crippen LogP contribution in [0.5, 0.6) is 0 Å². The van der Waals surface area contributed by atoms with Crippen LogP contribution in [0.3, 0.4) is 0 Å². The number of carbonyl (C=O) groups is 2. The Labute approximate surface area is 80.7 Å². The van der Waals surface area contributed by atoms with Gasteiger partial charge in [0.15, 0.2) is 5.78 Å². The SMILES string of the molecule is Nc1ccc(C(=O)/C=C/C(=O)O)cc1. The summed E-state index contributed by atoms with van der Waals surface area (Å²) in [6, 6.07) is 6.26. The molecule has 0 unspecified atom stereocenters. The second-order valence-electron chi connectivity index (χ2n) is 2.66. The molecule has 4 nitrogen and oxygen atoms in total. The lowest BCUT2D eigenvalue weighted by atomic mass is 10.1. The van der Waals surface area contributed by atoms with Crippen LogP contribution in [0, 0.1) is 0 Å². The molecule has 0 aromatic heterocycles. The molecule has 0 aliphatic heterocycles. The molecule has 1 aromatic rings. The standard InChI is InChI=1S/C10H9NO3/c11-8-3-1-7(2-4-8)9(12)5-6-10(13)14/h1-6H,11H2,(H,13,14)/b6-5+. The summed E-state index contributed by atoms with van der Waals surface area (Å²) < 4.78 is 0. The number of carboxylic acids is 1. The molecule has 4 heteroatoms. The van der Waals surface area contributed by atoms with Gasteiger partial charge in [-0.2, -0.15) is 0 Å². The highest BCUT2D eigenvalue weighted by Crippen LogP contribution is 2.06. The Morgan fingerprint density at radius 1 is 1.14 bits per heavy atom. The molecule has 0 saturated heterocycles. The molecule has 0 saturated carbocycles. The van der Waals surface area contributed by atoms with Crippen molar-refractivity contribution in [3.05, 3.63) is 42.0 Å². The van der Waals surface area contributed by atoms with Crippen molar-refractivity contribution in [3.8, 4) is 0 Å². The number of nitrogens with two attached hydrogens (primary N) is 1. The summed E-state index contributed by atoms with van der Waals surface area (Å²) in [7, 11) is 0. The van der Waals surface area contributed by atoms with Crippen LogP contribution in [-0.4, -0.2) is 16.9 Å². The largest absolute Gasteiger partial charge is 0.478 e. The zero-order valence-electron chi connectivity index (χ0n) is 7.31. The molecule has 0 atom stereocenters. The highest BCUT2D eigenvalue weighted by atomic mass is 16.4. The first-order valence-corrected chi connectivity index (χ1v) is 3.90. The van der Waals surface area contributed by atoms with Crippen molar-refractivity contribution in [2.24, 2.45) is 0 Å². The summed E-state index contributed by atoms with van der Waals surface area (Å²) in [6.07, 6.45) is 1.81. The molecule has 0 aliphatic carbocycles. The van der Waals surface area contributed by atoms with E-state index in [-0.39, 0.29) is 5.78 Å². The lowest BCUT2D eigenvalue weighted by Crippen LogP contribution is -1.97. The minimum atomic E-state index is -1.14. The molecule has 72 valence electrons. The van der Waals surface area contributed by atoms with Crippen molar-refractivity contribution in [1.29, 1.82) is 0 Å². The third-order valence-electron chi connectivity index (χ3n) is 1.57. The number of allylic oxidation sites excluding steroid dienone is 1. The Balaban J connectivity index is 2.80. The van der Waals surface area contributed by atoms with Crippen LogP contribution in [0.4, 0.5) is 5.69 Å². The van der Waals surface area contributed by atoms with Crippen molar-refractivity contribution in [1.82, 2.24) is 0 Å². The van der Waals surface area contributed by atoms with E-state index >= 15 is 0 Å². The number of hydrogen-bond donors (Lipinski definition) is 2. The van der Waals surface area contributed by atoms with E-state index in [1.807, 2.05) is 0 Å². The predicted octanol–water partition coefficient (Wildman–Crippen LogP) is 1.09. The molecule has 0 spiro atoms. The number of anilines is 1. The van der Waals surface area contributed by atoms with Gasteiger partial charge in [0, 0.05) is 17.3 Å². The second kappa shape index (κ2) is 4.23. The number of benzene rings is 1. The maximum atomic E-state index is 11.3. The van der Waals surface area contributed by atoms with Gasteiger partial charge in [-0.1, -0.05) is 0 Å². The molecule has 3 N–H and O–H groups in total. The first kappa shape index (κ1) is 9.98. The lowest BCUT2D eigenvalue weighted by molar-refractivity contribution is -0.131. The van der Waals surface area contributed by atoms with Gasteiger partial charge in [0.05, 0.1) is 0 Å². The molecule has 0 bridgehead atoms. The van der Waals surface area contributed by atoms with Crippen molar-refractivity contribution in [2.75, 3.05) is 5.73 Å². The number of carbonyl (C=O) groups excluding carboxylic acids is 1. The smallest absolute Gasteiger partial charge is 0.328 e. The van der Waals surface area contributed by atoms with E-state index in [2.05, 4.69) is 0 Å². The van der Waals surface area contributed by atoms with Gasteiger partial charge in [-0.3, -0.25) is 4.79 Å². The van der Waals surface area contributed by atoms with Crippen molar-refractivity contribution in [3.63, 3.8) is 0 Å². The zero-order chi connectivity index (χ0) is 10.6. The van der Waals surface area contributed by atoms with Gasteiger partial charge in [-0.15, -0.1) is 0 Å². The highest BCUT2D eigenvalue weighted by Gasteiger charge is 2.01. The third kappa shape index (κ3) is 2.75. The van der Waals surface area contributed by atoms with Crippen LogP contribution in [0.1, 0.15) is 10.4 Å². The van der Waals surface area contributed by atoms with Gasteiger partial charge in [0.25, 0.3) is 0 Å². The maximum absolute atomic E-state index is 11.3. The Morgan fingerprint density at radius 3 is 2.21 bits per heavy atom. The van der Waals surface area contributed by atoms with Crippen molar-refractivity contribution in [2.45, 2.75) is 0 Å². The van der Waals surface area contributed by atoms with E-state index in [4.69, 9.17) is 10.8 Å². The molecule has 0 fully saturated rings. The van der Waals surface area contributed by atoms with Crippen LogP contribution in [-0.2, 0) is 4.79 Å². The van der Waals surface area contributed by atoms with E-state index in [0.29, 0.717) is 11.3 Å². The molecular formula is C10H9NO3. The van der Waals surface area contributed by atoms with E-state index < -0.39 is 5.97 Å². The fraction of sp³-hybridized carbons (Fsp3) is 0. The van der Waals surface area contributed by atoms with E-state index in [9.17, 15) is 9.59 Å². The summed E-state index contributed by atoms with van der Waals surface area (Å²) >= 11 is 0. The predicted molar refractivity (Wildman–Crippen MR) is 52.0 cm³/mol. The number of carboxylic acid groups (broad SMARTS) is 1. The second-order valence-corrected chi connectivity index (χ2v) is 2.66. The molecule has 0 radical (unpaired) electrons. The number of rotatable bonds is 3. The molecule has 0 amide bonds. The Kier molecular flexibility index (Phi) is 3.01. The van der Waals surface area contributed by atoms with E-state index in [1.54, 1.807) is 24.3 Å². The summed E-state index contributed by atoms with van der Waals surface area (Å²) in [6.45, 7) is 0. The Morgan fingerprint density at radius 2 is 1.71 bits per heavy atom. The van der Waals surface area contributed by atoms with Crippen LogP contribution in [0.15, 0.2) is 36.4 Å². The van der Waals surface area contributed by atoms with Crippen molar-refractivity contribution >= 4 is 17.4 Å². The maximum Gasteiger partial charge on any atom is 0.328 e. The van der Waals surface area contributed by atoms with Gasteiger partial charge in [-0.25, -0.2) is 4.79 Å². The fourth-order valence-electron chi connectivity index (χ4n) is 0.891. The quantitative estimate of drug-likeness (QED) is 0.425. The van der Waals surface area contributed by atoms with Gasteiger partial charge in [0.2, 0.25) is 0 Å². The molecule has 1 rings (SSSR count). The average molecular weight is 191 g/mol. The summed E-state index contributed by atoms with van der Waals surface area (Å²) in [5.74, 6) is -1.50. The van der Waals surface area contributed by atoms with Crippen LogP contribution >= 0.6 is 0 Å². The number of hydrogen-bond acceptors (Lipinski definition) is 3. The number of ketones is 1. The zero-order valence-corrected chi connectivity index (χ0v) is 7.31. The Hall–Kier alpha value is -2.10. The number of nitrogen functional groups attached to an aromatic ring is 1. The molecule has 0 heterocycles. The molecule has 1 aromatic carbocycles. The van der Waals surface area contributed by atoms with Crippen LogP contribution in [0.2, 0.25) is 0 Å². The Bertz CT molecular complexity index is 379. The van der Waals surface area contributed by atoms with Crippen molar-refractivity contribution < 1.29 is 14.7 Å². The fourth-order valence-corrected chi connectivity index (χ4v) is 0.891. The van der Waals surface area contributed by atoms with E-state index in [1.165, 1.54) is 0 Å². The molecule has 14 heavy (non-hydrogen) atoms. The first-order valence-electron chi connectivity index (χ1n) is 3.90. The minimum Gasteiger partial charge on any atom is -0.478 e. The number of aliphatic carboxylic acids is 1. The van der Waals surface area contributed by atoms with Gasteiger partial charge < -0.3 is 10.8 Å². The van der Waals surface area contributed by atoms with E-state index in [0.717, 1.165) is 12.2 Å². The topological polar surface area (TPSA) is 80.4 Å². The minimum absolute atomic E-state index is 0.354. The summed E-state index contributed by atoms with van der Waals surface area (Å²) in [4.78, 5) is 21.4. The highest BCUT2D eigenvalue weighted by molar-refractivity contribution is 6.06. The summed E-state index contributed by atoms with van der Waals surface area (Å²) in [5, 5.41) is 8.29. The average Bonchev–Trinajstić information content (AvgIpc) is 2.15. The summed E-state index contributed by atoms with van der Waals surface area (Å²) in [5.41, 5.74) is 6.40. The van der Waals surface area contributed by atoms with Gasteiger partial charge in [-0.05, 0) is 30.3 Å². The normalized spacial score (nSPS) is 10.3.